The smallest absolute Gasteiger partial charge is 0.274 e. The number of carbonyl (C=O) groups is 1. The Morgan fingerprint density at radius 3 is 2.39 bits per heavy atom. The van der Waals surface area contributed by atoms with Crippen molar-refractivity contribution in [3.8, 4) is 5.69 Å². The summed E-state index contributed by atoms with van der Waals surface area (Å²) in [5.41, 5.74) is 0.738. The van der Waals surface area contributed by atoms with Crippen molar-refractivity contribution in [3.05, 3.63) is 78.1 Å². The summed E-state index contributed by atoms with van der Waals surface area (Å²) in [6, 6.07) is 11.7. The number of aromatic nitrogens is 2. The summed E-state index contributed by atoms with van der Waals surface area (Å²) in [4.78, 5) is 14.4. The largest absolute Gasteiger partial charge is 0.337 e. The average Bonchev–Trinajstić information content (AvgIpc) is 3.24. The van der Waals surface area contributed by atoms with Gasteiger partial charge in [0.15, 0.2) is 5.69 Å². The van der Waals surface area contributed by atoms with Gasteiger partial charge in [-0.05, 0) is 61.4 Å². The van der Waals surface area contributed by atoms with Crippen molar-refractivity contribution in [1.82, 2.24) is 19.4 Å². The molecule has 1 saturated heterocycles. The zero-order chi connectivity index (χ0) is 22.0. The number of nitrogens with one attached hydrogen (secondary N) is 1. The van der Waals surface area contributed by atoms with Crippen LogP contribution in [0.3, 0.4) is 0 Å². The van der Waals surface area contributed by atoms with Gasteiger partial charge in [-0.3, -0.25) is 4.79 Å². The summed E-state index contributed by atoms with van der Waals surface area (Å²) in [7, 11) is -3.76. The van der Waals surface area contributed by atoms with Gasteiger partial charge in [0, 0.05) is 25.3 Å². The van der Waals surface area contributed by atoms with E-state index in [1.807, 2.05) is 0 Å². The molecule has 1 aliphatic rings. The maximum absolute atomic E-state index is 13.4. The predicted octanol–water partition coefficient (Wildman–Crippen LogP) is 2.73. The molecule has 0 bridgehead atoms. The molecule has 3 aromatic rings. The minimum atomic E-state index is -3.76. The molecule has 1 aliphatic heterocycles. The second-order valence-electron chi connectivity index (χ2n) is 7.27. The molecule has 0 atom stereocenters. The van der Waals surface area contributed by atoms with Crippen LogP contribution in [0, 0.1) is 11.6 Å². The van der Waals surface area contributed by atoms with Crippen LogP contribution < -0.4 is 4.72 Å². The van der Waals surface area contributed by atoms with Crippen LogP contribution in [0.1, 0.15) is 23.3 Å². The summed E-state index contributed by atoms with van der Waals surface area (Å²) in [6.45, 7) is 0.727. The number of sulfonamides is 1. The van der Waals surface area contributed by atoms with Crippen LogP contribution in [0.25, 0.3) is 5.69 Å². The lowest BCUT2D eigenvalue weighted by molar-refractivity contribution is 0.0705. The fourth-order valence-corrected chi connectivity index (χ4v) is 4.77. The number of amides is 1. The zero-order valence-corrected chi connectivity index (χ0v) is 17.2. The van der Waals surface area contributed by atoms with E-state index >= 15 is 0 Å². The molecule has 1 amide bonds. The van der Waals surface area contributed by atoms with Crippen LogP contribution in [-0.2, 0) is 10.0 Å². The van der Waals surface area contributed by atoms with E-state index in [1.54, 1.807) is 29.3 Å². The van der Waals surface area contributed by atoms with Crippen molar-refractivity contribution in [3.63, 3.8) is 0 Å². The van der Waals surface area contributed by atoms with Gasteiger partial charge in [0.25, 0.3) is 5.91 Å². The normalized spacial score (nSPS) is 15.2. The monoisotopic (exact) mass is 446 g/mol. The summed E-state index contributed by atoms with van der Waals surface area (Å²) in [5.74, 6) is -1.17. The molecule has 2 aromatic carbocycles. The number of likely N-dealkylation sites (tertiary alicyclic amines) is 1. The quantitative estimate of drug-likeness (QED) is 0.653. The van der Waals surface area contributed by atoms with Gasteiger partial charge < -0.3 is 4.90 Å². The highest BCUT2D eigenvalue weighted by molar-refractivity contribution is 7.89. The average molecular weight is 446 g/mol. The number of hydrogen-bond donors (Lipinski definition) is 1. The lowest BCUT2D eigenvalue weighted by Gasteiger charge is -2.31. The first-order chi connectivity index (χ1) is 14.8. The molecule has 0 spiro atoms. The summed E-state index contributed by atoms with van der Waals surface area (Å²) >= 11 is 0. The standard InChI is InChI=1S/C21H20F2N4O3S/c22-15-4-6-19(7-5-15)31(29,30)25-17-8-11-26(12-9-17)21(28)20-10-13-27(24-20)18-3-1-2-16(23)14-18/h1-7,10,13-14,17,25H,8-9,11-12H2. The van der Waals surface area contributed by atoms with E-state index in [1.165, 1.54) is 28.9 Å². The molecule has 162 valence electrons. The number of piperidine rings is 1. The molecule has 0 saturated carbocycles. The van der Waals surface area contributed by atoms with Crippen LogP contribution >= 0.6 is 0 Å². The van der Waals surface area contributed by atoms with Gasteiger partial charge >= 0.3 is 0 Å². The number of halogens is 2. The Hall–Kier alpha value is -3.11. The van der Waals surface area contributed by atoms with Gasteiger partial charge in [-0.2, -0.15) is 5.10 Å². The van der Waals surface area contributed by atoms with Gasteiger partial charge in [0.05, 0.1) is 10.6 Å². The highest BCUT2D eigenvalue weighted by Gasteiger charge is 2.28. The minimum Gasteiger partial charge on any atom is -0.337 e. The van der Waals surface area contributed by atoms with Crippen LogP contribution in [0.2, 0.25) is 0 Å². The Balaban J connectivity index is 1.36. The van der Waals surface area contributed by atoms with Crippen molar-refractivity contribution in [2.45, 2.75) is 23.8 Å². The second-order valence-corrected chi connectivity index (χ2v) is 8.98. The van der Waals surface area contributed by atoms with E-state index in [0.717, 1.165) is 12.1 Å². The lowest BCUT2D eigenvalue weighted by Crippen LogP contribution is -2.46. The fourth-order valence-electron chi connectivity index (χ4n) is 3.46. The van der Waals surface area contributed by atoms with E-state index in [2.05, 4.69) is 9.82 Å². The van der Waals surface area contributed by atoms with Crippen molar-refractivity contribution in [2.24, 2.45) is 0 Å². The molecule has 0 aliphatic carbocycles. The SMILES string of the molecule is O=C(c1ccn(-c2cccc(F)c2)n1)N1CCC(NS(=O)(=O)c2ccc(F)cc2)CC1. The van der Waals surface area contributed by atoms with Crippen LogP contribution in [0.5, 0.6) is 0 Å². The fraction of sp³-hybridized carbons (Fsp3) is 0.238. The molecular weight excluding hydrogens is 426 g/mol. The molecule has 1 N–H and O–H groups in total. The van der Waals surface area contributed by atoms with Gasteiger partial charge in [0.2, 0.25) is 10.0 Å². The number of rotatable bonds is 5. The van der Waals surface area contributed by atoms with Gasteiger partial charge in [-0.25, -0.2) is 26.6 Å². The number of hydrogen-bond acceptors (Lipinski definition) is 4. The van der Waals surface area contributed by atoms with Crippen LogP contribution in [-0.4, -0.2) is 48.1 Å². The molecule has 4 rings (SSSR count). The van der Waals surface area contributed by atoms with Crippen LogP contribution in [0.4, 0.5) is 8.78 Å². The lowest BCUT2D eigenvalue weighted by atomic mass is 10.1. The first-order valence-electron chi connectivity index (χ1n) is 9.71. The van der Waals surface area contributed by atoms with E-state index < -0.39 is 21.7 Å². The summed E-state index contributed by atoms with van der Waals surface area (Å²) in [5, 5.41) is 4.24. The number of nitrogens with zero attached hydrogens (tertiary/aromatic N) is 3. The Morgan fingerprint density at radius 2 is 1.71 bits per heavy atom. The third-order valence-corrected chi connectivity index (χ3v) is 6.65. The van der Waals surface area contributed by atoms with Crippen molar-refractivity contribution in [1.29, 1.82) is 0 Å². The molecule has 0 unspecified atom stereocenters. The van der Waals surface area contributed by atoms with E-state index in [-0.39, 0.29) is 22.5 Å². The van der Waals surface area contributed by atoms with Crippen molar-refractivity contribution >= 4 is 15.9 Å². The molecule has 10 heteroatoms. The molecule has 1 fully saturated rings. The third kappa shape index (κ3) is 4.80. The molecule has 1 aromatic heterocycles. The van der Waals surface area contributed by atoms with Gasteiger partial charge in [-0.15, -0.1) is 0 Å². The molecule has 2 heterocycles. The van der Waals surface area contributed by atoms with Gasteiger partial charge in [-0.1, -0.05) is 6.07 Å². The topological polar surface area (TPSA) is 84.3 Å². The third-order valence-electron chi connectivity index (χ3n) is 5.11. The van der Waals surface area contributed by atoms with E-state index in [4.69, 9.17) is 0 Å². The first-order valence-corrected chi connectivity index (χ1v) is 11.2. The Labute approximate surface area is 178 Å². The second kappa shape index (κ2) is 8.56. The zero-order valence-electron chi connectivity index (χ0n) is 16.4. The van der Waals surface area contributed by atoms with Crippen molar-refractivity contribution < 1.29 is 22.0 Å². The molecule has 0 radical (unpaired) electrons. The summed E-state index contributed by atoms with van der Waals surface area (Å²) < 4.78 is 55.4. The highest BCUT2D eigenvalue weighted by atomic mass is 32.2. The maximum Gasteiger partial charge on any atom is 0.274 e. The Morgan fingerprint density at radius 1 is 1.00 bits per heavy atom. The predicted molar refractivity (Wildman–Crippen MR) is 109 cm³/mol. The van der Waals surface area contributed by atoms with Crippen LogP contribution in [0.15, 0.2) is 65.7 Å². The maximum atomic E-state index is 13.4. The molecule has 31 heavy (non-hydrogen) atoms. The Kier molecular flexibility index (Phi) is 5.84. The number of benzene rings is 2. The Bertz CT molecular complexity index is 1190. The summed E-state index contributed by atoms with van der Waals surface area (Å²) in [6.07, 6.45) is 2.47. The highest BCUT2D eigenvalue weighted by Crippen LogP contribution is 2.18. The minimum absolute atomic E-state index is 0.00436. The van der Waals surface area contributed by atoms with E-state index in [0.29, 0.717) is 31.6 Å². The number of carbonyl (C=O) groups excluding carboxylic acids is 1. The van der Waals surface area contributed by atoms with Gasteiger partial charge in [0.1, 0.15) is 11.6 Å². The molecule has 7 nitrogen and oxygen atoms in total. The molecular formula is C21H20F2N4O3S. The van der Waals surface area contributed by atoms with Crippen molar-refractivity contribution in [2.75, 3.05) is 13.1 Å². The van der Waals surface area contributed by atoms with E-state index in [9.17, 15) is 22.0 Å². The first kappa shape index (κ1) is 21.1.